The Kier molecular flexibility index (Phi) is 4.23. The summed E-state index contributed by atoms with van der Waals surface area (Å²) in [4.78, 5) is 0. The number of allylic oxidation sites excluding steroid dienone is 1. The van der Waals surface area contributed by atoms with Crippen molar-refractivity contribution in [3.63, 3.8) is 0 Å². The summed E-state index contributed by atoms with van der Waals surface area (Å²) in [6.07, 6.45) is 10.5. The average molecular weight is 250 g/mol. The molecule has 18 heavy (non-hydrogen) atoms. The standard InChI is InChI=1S/C15H27BO2/c1-14(2)15(3,4)18-16(17-14)12-8-11-13-9-6-5-7-10-13/h8,12-13H,5-7,9-11H2,1-4H3/b12-8+. The fraction of sp³-hybridized carbons (Fsp3) is 0.867. The van der Waals surface area contributed by atoms with Gasteiger partial charge in [0.05, 0.1) is 11.2 Å². The predicted molar refractivity (Wildman–Crippen MR) is 76.4 cm³/mol. The van der Waals surface area contributed by atoms with Crippen LogP contribution in [0, 0.1) is 5.92 Å². The van der Waals surface area contributed by atoms with E-state index in [1.165, 1.54) is 38.5 Å². The summed E-state index contributed by atoms with van der Waals surface area (Å²) < 4.78 is 11.9. The summed E-state index contributed by atoms with van der Waals surface area (Å²) in [6.45, 7) is 8.40. The van der Waals surface area contributed by atoms with E-state index < -0.39 is 0 Å². The molecule has 0 aromatic heterocycles. The summed E-state index contributed by atoms with van der Waals surface area (Å²) >= 11 is 0. The minimum absolute atomic E-state index is 0.168. The molecule has 2 fully saturated rings. The van der Waals surface area contributed by atoms with Gasteiger partial charge in [-0.3, -0.25) is 0 Å². The molecule has 0 unspecified atom stereocenters. The van der Waals surface area contributed by atoms with Crippen molar-refractivity contribution in [1.82, 2.24) is 0 Å². The van der Waals surface area contributed by atoms with E-state index in [0.717, 1.165) is 5.92 Å². The molecule has 0 spiro atoms. The molecule has 1 saturated carbocycles. The van der Waals surface area contributed by atoms with E-state index in [1.54, 1.807) is 0 Å². The van der Waals surface area contributed by atoms with Crippen molar-refractivity contribution < 1.29 is 9.31 Å². The first-order valence-corrected chi connectivity index (χ1v) is 7.43. The van der Waals surface area contributed by atoms with Gasteiger partial charge in [0.1, 0.15) is 0 Å². The van der Waals surface area contributed by atoms with Crippen LogP contribution >= 0.6 is 0 Å². The Balaban J connectivity index is 1.80. The van der Waals surface area contributed by atoms with Crippen LogP contribution in [0.2, 0.25) is 0 Å². The summed E-state index contributed by atoms with van der Waals surface area (Å²) in [5.41, 5.74) is -0.431. The van der Waals surface area contributed by atoms with Crippen molar-refractivity contribution >= 4 is 7.12 Å². The highest BCUT2D eigenvalue weighted by Crippen LogP contribution is 2.37. The lowest BCUT2D eigenvalue weighted by Crippen LogP contribution is -2.41. The lowest BCUT2D eigenvalue weighted by Gasteiger charge is -2.32. The van der Waals surface area contributed by atoms with E-state index in [0.29, 0.717) is 0 Å². The van der Waals surface area contributed by atoms with E-state index in [1.807, 2.05) is 0 Å². The Hall–Kier alpha value is -0.275. The lowest BCUT2D eigenvalue weighted by molar-refractivity contribution is 0.00578. The molecule has 102 valence electrons. The molecule has 2 rings (SSSR count). The summed E-state index contributed by atoms with van der Waals surface area (Å²) in [6, 6.07) is 0. The fourth-order valence-electron chi connectivity index (χ4n) is 2.77. The van der Waals surface area contributed by atoms with Crippen molar-refractivity contribution in [3.05, 3.63) is 12.1 Å². The first-order chi connectivity index (χ1) is 8.41. The van der Waals surface area contributed by atoms with Gasteiger partial charge < -0.3 is 9.31 Å². The third-order valence-electron chi connectivity index (χ3n) is 4.76. The van der Waals surface area contributed by atoms with Gasteiger partial charge >= 0.3 is 7.12 Å². The van der Waals surface area contributed by atoms with E-state index >= 15 is 0 Å². The van der Waals surface area contributed by atoms with Crippen LogP contribution in [0.4, 0.5) is 0 Å². The first kappa shape index (κ1) is 14.1. The Morgan fingerprint density at radius 2 is 1.56 bits per heavy atom. The Bertz CT molecular complexity index is 288. The third-order valence-corrected chi connectivity index (χ3v) is 4.76. The average Bonchev–Trinajstić information content (AvgIpc) is 2.49. The molecule has 1 aliphatic heterocycles. The highest BCUT2D eigenvalue weighted by molar-refractivity contribution is 6.51. The van der Waals surface area contributed by atoms with Crippen LogP contribution in [0.3, 0.4) is 0 Å². The second-order valence-electron chi connectivity index (χ2n) is 6.79. The molecule has 0 aromatic rings. The van der Waals surface area contributed by atoms with Crippen molar-refractivity contribution in [2.75, 3.05) is 0 Å². The minimum atomic E-state index is -0.215. The molecule has 1 saturated heterocycles. The second kappa shape index (κ2) is 5.38. The summed E-state index contributed by atoms with van der Waals surface area (Å²) in [5.74, 6) is 2.99. The number of hydrogen-bond acceptors (Lipinski definition) is 2. The fourth-order valence-corrected chi connectivity index (χ4v) is 2.77. The Labute approximate surface area is 112 Å². The number of hydrogen-bond donors (Lipinski definition) is 0. The van der Waals surface area contributed by atoms with Crippen LogP contribution < -0.4 is 0 Å². The van der Waals surface area contributed by atoms with Crippen molar-refractivity contribution in [1.29, 1.82) is 0 Å². The van der Waals surface area contributed by atoms with Crippen LogP contribution in [0.25, 0.3) is 0 Å². The van der Waals surface area contributed by atoms with Crippen LogP contribution in [0.1, 0.15) is 66.2 Å². The monoisotopic (exact) mass is 250 g/mol. The van der Waals surface area contributed by atoms with E-state index in [9.17, 15) is 0 Å². The molecule has 0 N–H and O–H groups in total. The SMILES string of the molecule is CC1(C)OB(/C=C/CC2CCCCC2)OC1(C)C. The molecule has 0 radical (unpaired) electrons. The maximum atomic E-state index is 5.94. The summed E-state index contributed by atoms with van der Waals surface area (Å²) in [5, 5.41) is 0. The zero-order valence-electron chi connectivity index (χ0n) is 12.4. The Morgan fingerprint density at radius 3 is 2.11 bits per heavy atom. The zero-order chi connectivity index (χ0) is 13.2. The molecule has 0 atom stereocenters. The van der Waals surface area contributed by atoms with Gasteiger partial charge in [-0.15, -0.1) is 0 Å². The van der Waals surface area contributed by atoms with Gasteiger partial charge in [0.15, 0.2) is 0 Å². The van der Waals surface area contributed by atoms with Gasteiger partial charge in [-0.1, -0.05) is 44.2 Å². The van der Waals surface area contributed by atoms with Crippen LogP contribution in [0.5, 0.6) is 0 Å². The lowest BCUT2D eigenvalue weighted by atomic mass is 9.84. The molecule has 1 aliphatic carbocycles. The molecule has 0 amide bonds. The molecule has 3 heteroatoms. The molecular weight excluding hydrogens is 223 g/mol. The molecule has 1 heterocycles. The third kappa shape index (κ3) is 3.18. The maximum absolute atomic E-state index is 5.94. The zero-order valence-corrected chi connectivity index (χ0v) is 12.4. The van der Waals surface area contributed by atoms with Crippen molar-refractivity contribution in [2.24, 2.45) is 5.92 Å². The quantitative estimate of drug-likeness (QED) is 0.700. The normalized spacial score (nSPS) is 28.1. The first-order valence-electron chi connectivity index (χ1n) is 7.43. The maximum Gasteiger partial charge on any atom is 0.486 e. The minimum Gasteiger partial charge on any atom is -0.400 e. The Morgan fingerprint density at radius 1 is 1.00 bits per heavy atom. The van der Waals surface area contributed by atoms with Gasteiger partial charge in [0, 0.05) is 0 Å². The molecule has 2 aliphatic rings. The van der Waals surface area contributed by atoms with Gasteiger partial charge in [0.2, 0.25) is 0 Å². The topological polar surface area (TPSA) is 18.5 Å². The predicted octanol–water partition coefficient (Wildman–Crippen LogP) is 4.14. The smallest absolute Gasteiger partial charge is 0.400 e. The van der Waals surface area contributed by atoms with E-state index in [4.69, 9.17) is 9.31 Å². The molecule has 0 aromatic carbocycles. The largest absolute Gasteiger partial charge is 0.486 e. The molecular formula is C15H27BO2. The van der Waals surface area contributed by atoms with Gasteiger partial charge in [-0.25, -0.2) is 0 Å². The van der Waals surface area contributed by atoms with Gasteiger partial charge in [-0.2, -0.15) is 0 Å². The van der Waals surface area contributed by atoms with E-state index in [-0.39, 0.29) is 18.3 Å². The number of rotatable bonds is 3. The van der Waals surface area contributed by atoms with Crippen LogP contribution in [0.15, 0.2) is 12.1 Å². The van der Waals surface area contributed by atoms with Gasteiger partial charge in [-0.05, 0) is 40.0 Å². The van der Waals surface area contributed by atoms with E-state index in [2.05, 4.69) is 39.7 Å². The van der Waals surface area contributed by atoms with Crippen LogP contribution in [-0.2, 0) is 9.31 Å². The second-order valence-corrected chi connectivity index (χ2v) is 6.79. The highest BCUT2D eigenvalue weighted by Gasteiger charge is 2.49. The van der Waals surface area contributed by atoms with Crippen LogP contribution in [-0.4, -0.2) is 18.3 Å². The van der Waals surface area contributed by atoms with Gasteiger partial charge in [0.25, 0.3) is 0 Å². The summed E-state index contributed by atoms with van der Waals surface area (Å²) in [7, 11) is -0.168. The molecule has 0 bridgehead atoms. The van der Waals surface area contributed by atoms with Crippen molar-refractivity contribution in [3.8, 4) is 0 Å². The molecule has 2 nitrogen and oxygen atoms in total. The highest BCUT2D eigenvalue weighted by atomic mass is 16.7. The van der Waals surface area contributed by atoms with Crippen molar-refractivity contribution in [2.45, 2.75) is 77.4 Å².